The van der Waals surface area contributed by atoms with Crippen LogP contribution in [0.15, 0.2) is 60.9 Å². The third-order valence-corrected chi connectivity index (χ3v) is 4.77. The van der Waals surface area contributed by atoms with Gasteiger partial charge in [-0.15, -0.1) is 0 Å². The van der Waals surface area contributed by atoms with Gasteiger partial charge in [-0.05, 0) is 35.9 Å². The third kappa shape index (κ3) is 4.23. The molecule has 0 aliphatic carbocycles. The molecule has 0 saturated carbocycles. The summed E-state index contributed by atoms with van der Waals surface area (Å²) in [5.74, 6) is -0.285. The molecular formula is C21H21FN4O. The Hall–Kier alpha value is -2.99. The SMILES string of the molecule is O=C(/C=C/c1ccc(F)cc1)N1CCN(Cc2cn3ccccc3n2)CC1. The van der Waals surface area contributed by atoms with Crippen molar-refractivity contribution in [2.24, 2.45) is 0 Å². The molecule has 27 heavy (non-hydrogen) atoms. The van der Waals surface area contributed by atoms with Gasteiger partial charge in [0.2, 0.25) is 5.91 Å². The number of pyridine rings is 1. The molecule has 1 fully saturated rings. The van der Waals surface area contributed by atoms with Crippen LogP contribution in [-0.4, -0.2) is 51.3 Å². The first-order chi connectivity index (χ1) is 13.2. The van der Waals surface area contributed by atoms with E-state index in [9.17, 15) is 9.18 Å². The van der Waals surface area contributed by atoms with Crippen molar-refractivity contribution in [3.63, 3.8) is 0 Å². The predicted molar refractivity (Wildman–Crippen MR) is 102 cm³/mol. The highest BCUT2D eigenvalue weighted by Crippen LogP contribution is 2.11. The number of hydrogen-bond acceptors (Lipinski definition) is 3. The first-order valence-electron chi connectivity index (χ1n) is 9.05. The number of nitrogens with zero attached hydrogens (tertiary/aromatic N) is 4. The van der Waals surface area contributed by atoms with Crippen LogP contribution in [0, 0.1) is 5.82 Å². The number of hydrogen-bond donors (Lipinski definition) is 0. The average Bonchev–Trinajstić information content (AvgIpc) is 3.10. The molecule has 0 unspecified atom stereocenters. The number of carbonyl (C=O) groups excluding carboxylic acids is 1. The van der Waals surface area contributed by atoms with Crippen molar-refractivity contribution < 1.29 is 9.18 Å². The maximum atomic E-state index is 12.9. The van der Waals surface area contributed by atoms with E-state index < -0.39 is 0 Å². The fourth-order valence-corrected chi connectivity index (χ4v) is 3.27. The molecule has 1 aliphatic heterocycles. The van der Waals surface area contributed by atoms with E-state index in [4.69, 9.17) is 0 Å². The number of fused-ring (bicyclic) bond motifs is 1. The van der Waals surface area contributed by atoms with Crippen LogP contribution in [0.25, 0.3) is 11.7 Å². The van der Waals surface area contributed by atoms with Gasteiger partial charge in [-0.1, -0.05) is 18.2 Å². The standard InChI is InChI=1S/C21H21FN4O/c22-18-7-4-17(5-8-18)6-9-21(27)25-13-11-24(12-14-25)15-19-16-26-10-2-1-3-20(26)23-19/h1-10,16H,11-15H2/b9-6+. The van der Waals surface area contributed by atoms with E-state index in [1.54, 1.807) is 24.3 Å². The summed E-state index contributed by atoms with van der Waals surface area (Å²) in [5.41, 5.74) is 2.81. The molecule has 2 aromatic heterocycles. The number of carbonyl (C=O) groups is 1. The second kappa shape index (κ2) is 7.72. The van der Waals surface area contributed by atoms with Gasteiger partial charge in [0.05, 0.1) is 5.69 Å². The number of aromatic nitrogens is 2. The minimum atomic E-state index is -0.278. The van der Waals surface area contributed by atoms with Crippen molar-refractivity contribution in [2.75, 3.05) is 26.2 Å². The molecule has 0 radical (unpaired) electrons. The first kappa shape index (κ1) is 17.4. The Morgan fingerprint density at radius 2 is 1.85 bits per heavy atom. The molecule has 4 rings (SSSR count). The Labute approximate surface area is 157 Å². The van der Waals surface area contributed by atoms with Crippen LogP contribution >= 0.6 is 0 Å². The molecule has 0 atom stereocenters. The van der Waals surface area contributed by atoms with Crippen molar-refractivity contribution in [3.05, 3.63) is 78.0 Å². The second-order valence-corrected chi connectivity index (χ2v) is 6.68. The monoisotopic (exact) mass is 364 g/mol. The van der Waals surface area contributed by atoms with E-state index in [1.807, 2.05) is 33.7 Å². The summed E-state index contributed by atoms with van der Waals surface area (Å²) in [5, 5.41) is 0. The number of imidazole rings is 1. The zero-order valence-electron chi connectivity index (χ0n) is 15.0. The van der Waals surface area contributed by atoms with Crippen molar-refractivity contribution in [2.45, 2.75) is 6.54 Å². The molecular weight excluding hydrogens is 343 g/mol. The summed E-state index contributed by atoms with van der Waals surface area (Å²) in [6.07, 6.45) is 7.34. The fraction of sp³-hybridized carbons (Fsp3) is 0.238. The zero-order valence-corrected chi connectivity index (χ0v) is 15.0. The molecule has 0 spiro atoms. The highest BCUT2D eigenvalue weighted by molar-refractivity contribution is 5.91. The Kier molecular flexibility index (Phi) is 4.98. The van der Waals surface area contributed by atoms with E-state index >= 15 is 0 Å². The lowest BCUT2D eigenvalue weighted by molar-refractivity contribution is -0.127. The molecule has 1 aliphatic rings. The number of amides is 1. The quantitative estimate of drug-likeness (QED) is 0.669. The molecule has 5 nitrogen and oxygen atoms in total. The van der Waals surface area contributed by atoms with Crippen molar-refractivity contribution in [1.82, 2.24) is 19.2 Å². The zero-order chi connectivity index (χ0) is 18.6. The van der Waals surface area contributed by atoms with Crippen LogP contribution < -0.4 is 0 Å². The number of halogens is 1. The fourth-order valence-electron chi connectivity index (χ4n) is 3.27. The van der Waals surface area contributed by atoms with Crippen LogP contribution in [0.2, 0.25) is 0 Å². The molecule has 1 saturated heterocycles. The predicted octanol–water partition coefficient (Wildman–Crippen LogP) is 2.83. The lowest BCUT2D eigenvalue weighted by Gasteiger charge is -2.33. The van der Waals surface area contributed by atoms with Gasteiger partial charge < -0.3 is 9.30 Å². The maximum absolute atomic E-state index is 12.9. The van der Waals surface area contributed by atoms with Gasteiger partial charge in [0, 0.05) is 51.2 Å². The number of benzene rings is 1. The van der Waals surface area contributed by atoms with E-state index in [0.29, 0.717) is 13.1 Å². The van der Waals surface area contributed by atoms with Gasteiger partial charge >= 0.3 is 0 Å². The van der Waals surface area contributed by atoms with Crippen LogP contribution in [0.4, 0.5) is 4.39 Å². The Morgan fingerprint density at radius 3 is 2.59 bits per heavy atom. The van der Waals surface area contributed by atoms with Gasteiger partial charge in [-0.25, -0.2) is 9.37 Å². The Morgan fingerprint density at radius 1 is 1.07 bits per heavy atom. The third-order valence-electron chi connectivity index (χ3n) is 4.77. The normalized spacial score (nSPS) is 15.7. The maximum Gasteiger partial charge on any atom is 0.246 e. The van der Waals surface area contributed by atoms with Crippen LogP contribution in [-0.2, 0) is 11.3 Å². The van der Waals surface area contributed by atoms with Gasteiger partial charge in [0.1, 0.15) is 11.5 Å². The van der Waals surface area contributed by atoms with Gasteiger partial charge in [-0.2, -0.15) is 0 Å². The number of piperazine rings is 1. The molecule has 0 N–H and O–H groups in total. The highest BCUT2D eigenvalue weighted by atomic mass is 19.1. The van der Waals surface area contributed by atoms with Gasteiger partial charge in [0.25, 0.3) is 0 Å². The summed E-state index contributed by atoms with van der Waals surface area (Å²) in [6, 6.07) is 12.1. The molecule has 3 aromatic rings. The molecule has 0 bridgehead atoms. The van der Waals surface area contributed by atoms with E-state index in [-0.39, 0.29) is 11.7 Å². The smallest absolute Gasteiger partial charge is 0.246 e. The summed E-state index contributed by atoms with van der Waals surface area (Å²) in [7, 11) is 0. The largest absolute Gasteiger partial charge is 0.337 e. The lowest BCUT2D eigenvalue weighted by atomic mass is 10.2. The summed E-state index contributed by atoms with van der Waals surface area (Å²) >= 11 is 0. The van der Waals surface area contributed by atoms with Crippen molar-refractivity contribution >= 4 is 17.6 Å². The minimum Gasteiger partial charge on any atom is -0.337 e. The van der Waals surface area contributed by atoms with Crippen LogP contribution in [0.3, 0.4) is 0 Å². The molecule has 1 aromatic carbocycles. The second-order valence-electron chi connectivity index (χ2n) is 6.68. The topological polar surface area (TPSA) is 40.9 Å². The van der Waals surface area contributed by atoms with Gasteiger partial charge in [0.15, 0.2) is 0 Å². The Balaban J connectivity index is 1.30. The highest BCUT2D eigenvalue weighted by Gasteiger charge is 2.20. The van der Waals surface area contributed by atoms with E-state index in [1.165, 1.54) is 12.1 Å². The van der Waals surface area contributed by atoms with Crippen molar-refractivity contribution in [3.8, 4) is 0 Å². The molecule has 138 valence electrons. The number of rotatable bonds is 4. The molecule has 3 heterocycles. The molecule has 1 amide bonds. The lowest BCUT2D eigenvalue weighted by Crippen LogP contribution is -2.47. The van der Waals surface area contributed by atoms with Gasteiger partial charge in [-0.3, -0.25) is 9.69 Å². The van der Waals surface area contributed by atoms with E-state index in [0.717, 1.165) is 36.5 Å². The summed E-state index contributed by atoms with van der Waals surface area (Å²) < 4.78 is 14.9. The van der Waals surface area contributed by atoms with Crippen LogP contribution in [0.5, 0.6) is 0 Å². The Bertz CT molecular complexity index is 923. The minimum absolute atomic E-state index is 0.00768. The molecule has 6 heteroatoms. The van der Waals surface area contributed by atoms with Crippen molar-refractivity contribution in [1.29, 1.82) is 0 Å². The summed E-state index contributed by atoms with van der Waals surface area (Å²) in [6.45, 7) is 3.82. The summed E-state index contributed by atoms with van der Waals surface area (Å²) in [4.78, 5) is 21.1. The van der Waals surface area contributed by atoms with E-state index in [2.05, 4.69) is 16.1 Å². The average molecular weight is 364 g/mol. The van der Waals surface area contributed by atoms with Crippen LogP contribution in [0.1, 0.15) is 11.3 Å². The first-order valence-corrected chi connectivity index (χ1v) is 9.05.